The largest absolute Gasteiger partial charge is 0.477 e. The molecule has 0 aliphatic carbocycles. The molecule has 0 saturated carbocycles. The number of hydrogen-bond donors (Lipinski definition) is 1. The lowest BCUT2D eigenvalue weighted by Gasteiger charge is -2.15. The summed E-state index contributed by atoms with van der Waals surface area (Å²) < 4.78 is 27.0. The van der Waals surface area contributed by atoms with Crippen molar-refractivity contribution in [2.75, 3.05) is 13.1 Å². The van der Waals surface area contributed by atoms with Crippen molar-refractivity contribution in [1.29, 1.82) is 0 Å². The van der Waals surface area contributed by atoms with Gasteiger partial charge in [-0.05, 0) is 36.4 Å². The van der Waals surface area contributed by atoms with E-state index in [1.165, 1.54) is 4.31 Å². The standard InChI is InChI=1S/C13H13NO4S2/c15-13(16)12-7-9-3-4-10(8-11(9)19-12)20(17,18)14-5-1-2-6-14/h3-4,7-8H,1-2,5-6H2,(H,15,16). The summed E-state index contributed by atoms with van der Waals surface area (Å²) in [6.45, 7) is 1.12. The minimum Gasteiger partial charge on any atom is -0.477 e. The highest BCUT2D eigenvalue weighted by Gasteiger charge is 2.27. The normalized spacial score (nSPS) is 16.8. The molecule has 0 amide bonds. The second-order valence-electron chi connectivity index (χ2n) is 4.73. The molecule has 1 aliphatic rings. The molecule has 0 bridgehead atoms. The van der Waals surface area contributed by atoms with Gasteiger partial charge in [-0.2, -0.15) is 4.31 Å². The molecule has 20 heavy (non-hydrogen) atoms. The minimum absolute atomic E-state index is 0.218. The number of aromatic carboxylic acids is 1. The van der Waals surface area contributed by atoms with Gasteiger partial charge in [-0.3, -0.25) is 0 Å². The van der Waals surface area contributed by atoms with E-state index >= 15 is 0 Å². The van der Waals surface area contributed by atoms with Crippen molar-refractivity contribution in [1.82, 2.24) is 4.31 Å². The molecule has 1 aromatic carbocycles. The molecular formula is C13H13NO4S2. The summed E-state index contributed by atoms with van der Waals surface area (Å²) in [5.41, 5.74) is 0. The molecule has 1 fully saturated rings. The first kappa shape index (κ1) is 13.5. The number of sulfonamides is 1. The molecule has 0 spiro atoms. The number of carbonyl (C=O) groups is 1. The maximum Gasteiger partial charge on any atom is 0.345 e. The Balaban J connectivity index is 2.06. The van der Waals surface area contributed by atoms with Crippen LogP contribution in [0.25, 0.3) is 10.1 Å². The highest BCUT2D eigenvalue weighted by atomic mass is 32.2. The van der Waals surface area contributed by atoms with Crippen molar-refractivity contribution in [3.63, 3.8) is 0 Å². The third-order valence-electron chi connectivity index (χ3n) is 3.41. The van der Waals surface area contributed by atoms with Gasteiger partial charge in [0.05, 0.1) is 4.90 Å². The van der Waals surface area contributed by atoms with Crippen molar-refractivity contribution in [2.45, 2.75) is 17.7 Å². The third-order valence-corrected chi connectivity index (χ3v) is 6.39. The van der Waals surface area contributed by atoms with Crippen LogP contribution in [0.1, 0.15) is 22.5 Å². The number of thiophene rings is 1. The Morgan fingerprint density at radius 2 is 1.90 bits per heavy atom. The van der Waals surface area contributed by atoms with Crippen LogP contribution in [0.4, 0.5) is 0 Å². The van der Waals surface area contributed by atoms with Gasteiger partial charge >= 0.3 is 5.97 Å². The predicted octanol–water partition coefficient (Wildman–Crippen LogP) is 2.38. The van der Waals surface area contributed by atoms with Gasteiger partial charge in [0, 0.05) is 17.8 Å². The fourth-order valence-corrected chi connectivity index (χ4v) is 4.91. The topological polar surface area (TPSA) is 74.7 Å². The summed E-state index contributed by atoms with van der Waals surface area (Å²) in [5.74, 6) is -0.991. The number of carboxylic acid groups (broad SMARTS) is 1. The van der Waals surface area contributed by atoms with Gasteiger partial charge in [0.1, 0.15) is 4.88 Å². The first-order valence-electron chi connectivity index (χ1n) is 6.25. The fourth-order valence-electron chi connectivity index (χ4n) is 2.35. The zero-order chi connectivity index (χ0) is 14.3. The Hall–Kier alpha value is -1.44. The molecule has 1 N–H and O–H groups in total. The quantitative estimate of drug-likeness (QED) is 0.944. The second-order valence-corrected chi connectivity index (χ2v) is 7.75. The van der Waals surface area contributed by atoms with Crippen molar-refractivity contribution in [3.05, 3.63) is 29.1 Å². The van der Waals surface area contributed by atoms with Crippen LogP contribution in [-0.2, 0) is 10.0 Å². The van der Waals surface area contributed by atoms with E-state index in [9.17, 15) is 13.2 Å². The Kier molecular flexibility index (Phi) is 3.27. The van der Waals surface area contributed by atoms with E-state index in [4.69, 9.17) is 5.11 Å². The molecule has 2 heterocycles. The third kappa shape index (κ3) is 2.21. The number of carboxylic acids is 1. The smallest absolute Gasteiger partial charge is 0.345 e. The van der Waals surface area contributed by atoms with E-state index in [1.54, 1.807) is 24.3 Å². The van der Waals surface area contributed by atoms with E-state index in [1.807, 2.05) is 0 Å². The summed E-state index contributed by atoms with van der Waals surface area (Å²) >= 11 is 1.10. The summed E-state index contributed by atoms with van der Waals surface area (Å²) in [6.07, 6.45) is 1.78. The molecular weight excluding hydrogens is 298 g/mol. The lowest BCUT2D eigenvalue weighted by atomic mass is 10.2. The summed E-state index contributed by atoms with van der Waals surface area (Å²) in [6, 6.07) is 6.35. The molecule has 7 heteroatoms. The van der Waals surface area contributed by atoms with Crippen LogP contribution in [0.3, 0.4) is 0 Å². The molecule has 0 unspecified atom stereocenters. The van der Waals surface area contributed by atoms with Gasteiger partial charge in [0.2, 0.25) is 10.0 Å². The van der Waals surface area contributed by atoms with Crippen LogP contribution in [0.15, 0.2) is 29.2 Å². The van der Waals surface area contributed by atoms with E-state index in [-0.39, 0.29) is 9.77 Å². The minimum atomic E-state index is -3.45. The van der Waals surface area contributed by atoms with Crippen LogP contribution in [0.2, 0.25) is 0 Å². The zero-order valence-corrected chi connectivity index (χ0v) is 12.2. The average molecular weight is 311 g/mol. The molecule has 2 aromatic rings. The summed E-state index contributed by atoms with van der Waals surface area (Å²) in [7, 11) is -3.45. The van der Waals surface area contributed by atoms with Gasteiger partial charge in [-0.25, -0.2) is 13.2 Å². The molecule has 3 rings (SSSR count). The highest BCUT2D eigenvalue weighted by Crippen LogP contribution is 2.30. The molecule has 5 nitrogen and oxygen atoms in total. The van der Waals surface area contributed by atoms with Crippen LogP contribution in [0.5, 0.6) is 0 Å². The van der Waals surface area contributed by atoms with E-state index in [0.29, 0.717) is 17.8 Å². The SMILES string of the molecule is O=C(O)c1cc2ccc(S(=O)(=O)N3CCCC3)cc2s1. The Morgan fingerprint density at radius 1 is 1.20 bits per heavy atom. The predicted molar refractivity (Wildman–Crippen MR) is 76.8 cm³/mol. The van der Waals surface area contributed by atoms with Gasteiger partial charge in [-0.1, -0.05) is 6.07 Å². The Morgan fingerprint density at radius 3 is 2.55 bits per heavy atom. The highest BCUT2D eigenvalue weighted by molar-refractivity contribution is 7.89. The van der Waals surface area contributed by atoms with Gasteiger partial charge in [0.15, 0.2) is 0 Å². The van der Waals surface area contributed by atoms with Crippen LogP contribution < -0.4 is 0 Å². The molecule has 1 aromatic heterocycles. The van der Waals surface area contributed by atoms with Crippen molar-refractivity contribution >= 4 is 37.4 Å². The Bertz CT molecular complexity index is 773. The Labute approximate surface area is 120 Å². The first-order valence-corrected chi connectivity index (χ1v) is 8.51. The van der Waals surface area contributed by atoms with Crippen LogP contribution >= 0.6 is 11.3 Å². The molecule has 106 valence electrons. The number of hydrogen-bond acceptors (Lipinski definition) is 4. The number of rotatable bonds is 3. The fraction of sp³-hybridized carbons (Fsp3) is 0.308. The van der Waals surface area contributed by atoms with Gasteiger partial charge in [0.25, 0.3) is 0 Å². The average Bonchev–Trinajstić information content (AvgIpc) is 3.07. The van der Waals surface area contributed by atoms with Gasteiger partial charge < -0.3 is 5.11 Å². The first-order chi connectivity index (χ1) is 9.48. The number of benzene rings is 1. The number of nitrogens with zero attached hydrogens (tertiary/aromatic N) is 1. The van der Waals surface area contributed by atoms with Gasteiger partial charge in [-0.15, -0.1) is 11.3 Å². The second kappa shape index (κ2) is 4.83. The molecule has 1 aliphatic heterocycles. The van der Waals surface area contributed by atoms with Crippen LogP contribution in [0, 0.1) is 0 Å². The van der Waals surface area contributed by atoms with E-state index < -0.39 is 16.0 Å². The van der Waals surface area contributed by atoms with Crippen LogP contribution in [-0.4, -0.2) is 36.9 Å². The molecule has 0 atom stereocenters. The van der Waals surface area contributed by atoms with E-state index in [2.05, 4.69) is 0 Å². The van der Waals surface area contributed by atoms with E-state index in [0.717, 1.165) is 29.6 Å². The molecule has 0 radical (unpaired) electrons. The summed E-state index contributed by atoms with van der Waals surface area (Å²) in [5, 5.41) is 9.73. The number of fused-ring (bicyclic) bond motifs is 1. The maximum absolute atomic E-state index is 12.4. The van der Waals surface area contributed by atoms with Crippen molar-refractivity contribution in [3.8, 4) is 0 Å². The maximum atomic E-state index is 12.4. The van der Waals surface area contributed by atoms with Crippen molar-refractivity contribution < 1.29 is 18.3 Å². The lowest BCUT2D eigenvalue weighted by molar-refractivity contribution is 0.0702. The van der Waals surface area contributed by atoms with Crippen molar-refractivity contribution in [2.24, 2.45) is 0 Å². The summed E-state index contributed by atoms with van der Waals surface area (Å²) in [4.78, 5) is 11.4. The lowest BCUT2D eigenvalue weighted by Crippen LogP contribution is -2.27. The molecule has 1 saturated heterocycles. The monoisotopic (exact) mass is 311 g/mol. The zero-order valence-electron chi connectivity index (χ0n) is 10.6.